The van der Waals surface area contributed by atoms with Gasteiger partial charge >= 0.3 is 5.97 Å². The third kappa shape index (κ3) is 6.57. The highest BCUT2D eigenvalue weighted by Crippen LogP contribution is 2.57. The minimum Gasteiger partial charge on any atom is -0.504 e. The van der Waals surface area contributed by atoms with Gasteiger partial charge in [0.15, 0.2) is 11.5 Å². The Labute approximate surface area is 220 Å². The molecule has 3 N–H and O–H groups in total. The summed E-state index contributed by atoms with van der Waals surface area (Å²) in [7, 11) is 0. The summed E-state index contributed by atoms with van der Waals surface area (Å²) in [5.74, 6) is -0.930. The molecule has 37 heavy (non-hydrogen) atoms. The summed E-state index contributed by atoms with van der Waals surface area (Å²) in [5, 5.41) is 21.7. The summed E-state index contributed by atoms with van der Waals surface area (Å²) < 4.78 is 5.85. The highest BCUT2D eigenvalue weighted by Gasteiger charge is 2.48. The first-order valence-corrected chi connectivity index (χ1v) is 13.5. The zero-order chi connectivity index (χ0) is 27.5. The number of aryl methyl sites for hydroxylation is 1. The molecule has 0 spiro atoms. The average Bonchev–Trinajstić information content (AvgIpc) is 3.38. The van der Waals surface area contributed by atoms with Gasteiger partial charge < -0.3 is 25.2 Å². The summed E-state index contributed by atoms with van der Waals surface area (Å²) >= 11 is 0. The van der Waals surface area contributed by atoms with E-state index in [4.69, 9.17) is 4.74 Å². The van der Waals surface area contributed by atoms with E-state index in [2.05, 4.69) is 33.0 Å². The van der Waals surface area contributed by atoms with Crippen molar-refractivity contribution in [2.75, 3.05) is 6.54 Å². The maximum Gasteiger partial charge on any atom is 0.329 e. The lowest BCUT2D eigenvalue weighted by atomic mass is 9.66. The quantitative estimate of drug-likeness (QED) is 0.333. The van der Waals surface area contributed by atoms with Crippen LogP contribution in [0.1, 0.15) is 85.6 Å². The predicted molar refractivity (Wildman–Crippen MR) is 141 cm³/mol. The van der Waals surface area contributed by atoms with E-state index >= 15 is 0 Å². The first kappa shape index (κ1) is 28.8. The summed E-state index contributed by atoms with van der Waals surface area (Å²) in [6, 6.07) is 3.02. The first-order valence-electron chi connectivity index (χ1n) is 13.5. The van der Waals surface area contributed by atoms with Crippen molar-refractivity contribution in [3.05, 3.63) is 23.8 Å². The van der Waals surface area contributed by atoms with Crippen molar-refractivity contribution in [2.24, 2.45) is 16.7 Å². The second-order valence-electron chi connectivity index (χ2n) is 12.1. The van der Waals surface area contributed by atoms with Crippen LogP contribution in [0.4, 0.5) is 0 Å². The Morgan fingerprint density at radius 3 is 2.43 bits per heavy atom. The van der Waals surface area contributed by atoms with E-state index in [1.807, 2.05) is 6.92 Å². The number of ether oxygens (including phenoxy) is 1. The summed E-state index contributed by atoms with van der Waals surface area (Å²) in [4.78, 5) is 40.1. The van der Waals surface area contributed by atoms with Gasteiger partial charge in [-0.25, -0.2) is 4.79 Å². The Bertz CT molecular complexity index is 1000. The molecule has 4 atom stereocenters. The van der Waals surface area contributed by atoms with Gasteiger partial charge in [0.25, 0.3) is 0 Å². The first-order chi connectivity index (χ1) is 17.2. The standard InChI is InChI=1S/C29H44N2O6/c1-18(16-21-13-14-28(3,4)29(21,5)6)37-27(36)22-8-7-15-31(22)26(35)19(2)30-25(34)12-10-20-9-11-23(32)24(33)17-20/h9,11,17-19,21-22,32-33H,7-8,10,12-16H2,1-6H3,(H,30,34)/t18?,19-,21?,22?/m0/s1. The lowest BCUT2D eigenvalue weighted by Crippen LogP contribution is -2.51. The van der Waals surface area contributed by atoms with Gasteiger partial charge in [-0.05, 0) is 86.8 Å². The van der Waals surface area contributed by atoms with Crippen LogP contribution in [0.5, 0.6) is 11.5 Å². The molecule has 2 amide bonds. The fourth-order valence-corrected chi connectivity index (χ4v) is 5.79. The second kappa shape index (κ2) is 11.3. The average molecular weight is 517 g/mol. The number of phenolic OH excluding ortho intramolecular Hbond substituents is 2. The summed E-state index contributed by atoms with van der Waals surface area (Å²) in [6.45, 7) is 13.3. The summed E-state index contributed by atoms with van der Waals surface area (Å²) in [5.41, 5.74) is 1.12. The van der Waals surface area contributed by atoms with E-state index < -0.39 is 12.1 Å². The molecule has 1 heterocycles. The van der Waals surface area contributed by atoms with E-state index in [9.17, 15) is 24.6 Å². The molecule has 2 fully saturated rings. The van der Waals surface area contributed by atoms with Crippen LogP contribution in [0.2, 0.25) is 0 Å². The lowest BCUT2D eigenvalue weighted by molar-refractivity contribution is -0.158. The fourth-order valence-electron chi connectivity index (χ4n) is 5.79. The van der Waals surface area contributed by atoms with Crippen LogP contribution < -0.4 is 5.32 Å². The molecule has 1 saturated carbocycles. The van der Waals surface area contributed by atoms with Crippen LogP contribution in [0.3, 0.4) is 0 Å². The largest absolute Gasteiger partial charge is 0.504 e. The van der Waals surface area contributed by atoms with Crippen LogP contribution >= 0.6 is 0 Å². The molecule has 8 heteroatoms. The van der Waals surface area contributed by atoms with E-state index in [-0.39, 0.29) is 52.6 Å². The predicted octanol–water partition coefficient (Wildman–Crippen LogP) is 4.31. The molecular formula is C29H44N2O6. The molecule has 0 radical (unpaired) electrons. The van der Waals surface area contributed by atoms with E-state index in [1.54, 1.807) is 17.9 Å². The number of aromatic hydroxyl groups is 2. The number of carbonyl (C=O) groups excluding carboxylic acids is 3. The Kier molecular flexibility index (Phi) is 8.81. The molecule has 0 bridgehead atoms. The van der Waals surface area contributed by atoms with Gasteiger partial charge in [-0.15, -0.1) is 0 Å². The van der Waals surface area contributed by atoms with Gasteiger partial charge in [0.2, 0.25) is 11.8 Å². The van der Waals surface area contributed by atoms with E-state index in [0.717, 1.165) is 25.7 Å². The molecule has 1 aliphatic carbocycles. The van der Waals surface area contributed by atoms with Gasteiger partial charge in [0.05, 0.1) is 6.10 Å². The lowest BCUT2D eigenvalue weighted by Gasteiger charge is -2.40. The number of hydrogen-bond acceptors (Lipinski definition) is 6. The number of amides is 2. The zero-order valence-corrected chi connectivity index (χ0v) is 23.2. The molecule has 1 saturated heterocycles. The number of rotatable bonds is 9. The maximum atomic E-state index is 13.1. The van der Waals surface area contributed by atoms with Gasteiger partial charge in [0, 0.05) is 13.0 Å². The Hall–Kier alpha value is -2.77. The summed E-state index contributed by atoms with van der Waals surface area (Å²) in [6.07, 6.45) is 4.64. The molecule has 3 rings (SSSR count). The van der Waals surface area contributed by atoms with Crippen LogP contribution in [-0.4, -0.2) is 57.6 Å². The molecular weight excluding hydrogens is 472 g/mol. The maximum absolute atomic E-state index is 13.1. The van der Waals surface area contributed by atoms with Crippen molar-refractivity contribution < 1.29 is 29.3 Å². The van der Waals surface area contributed by atoms with Gasteiger partial charge in [0.1, 0.15) is 12.1 Å². The number of carbonyl (C=O) groups is 3. The number of esters is 1. The van der Waals surface area contributed by atoms with Crippen LogP contribution in [0.25, 0.3) is 0 Å². The number of nitrogens with one attached hydrogen (secondary N) is 1. The van der Waals surface area contributed by atoms with Crippen LogP contribution in [-0.2, 0) is 25.5 Å². The molecule has 3 unspecified atom stereocenters. The SMILES string of the molecule is CC(CC1CCC(C)(C)C1(C)C)OC(=O)C1CCCN1C(=O)[C@H](C)NC(=O)CCc1ccc(O)c(O)c1. The molecule has 2 aliphatic rings. The van der Waals surface area contributed by atoms with Crippen molar-refractivity contribution in [1.29, 1.82) is 0 Å². The van der Waals surface area contributed by atoms with Crippen molar-refractivity contribution >= 4 is 17.8 Å². The Morgan fingerprint density at radius 1 is 1.11 bits per heavy atom. The van der Waals surface area contributed by atoms with Crippen LogP contribution in [0.15, 0.2) is 18.2 Å². The molecule has 1 aliphatic heterocycles. The van der Waals surface area contributed by atoms with Crippen molar-refractivity contribution in [1.82, 2.24) is 10.2 Å². The number of benzene rings is 1. The number of nitrogens with zero attached hydrogens (tertiary/aromatic N) is 1. The van der Waals surface area contributed by atoms with Crippen molar-refractivity contribution in [3.63, 3.8) is 0 Å². The van der Waals surface area contributed by atoms with E-state index in [0.29, 0.717) is 30.9 Å². The van der Waals surface area contributed by atoms with Gasteiger partial charge in [-0.1, -0.05) is 33.8 Å². The Balaban J connectivity index is 1.50. The molecule has 8 nitrogen and oxygen atoms in total. The van der Waals surface area contributed by atoms with E-state index in [1.165, 1.54) is 12.1 Å². The highest BCUT2D eigenvalue weighted by molar-refractivity contribution is 5.91. The molecule has 1 aromatic rings. The minimum atomic E-state index is -0.770. The number of phenols is 2. The topological polar surface area (TPSA) is 116 Å². The number of hydrogen-bond donors (Lipinski definition) is 3. The smallest absolute Gasteiger partial charge is 0.329 e. The second-order valence-corrected chi connectivity index (χ2v) is 12.1. The third-order valence-electron chi connectivity index (χ3n) is 9.05. The van der Waals surface area contributed by atoms with Crippen LogP contribution in [0, 0.1) is 16.7 Å². The molecule has 1 aromatic carbocycles. The molecule has 0 aromatic heterocycles. The zero-order valence-electron chi connectivity index (χ0n) is 23.2. The monoisotopic (exact) mass is 516 g/mol. The fraction of sp³-hybridized carbons (Fsp3) is 0.690. The van der Waals surface area contributed by atoms with Gasteiger partial charge in [-0.3, -0.25) is 9.59 Å². The van der Waals surface area contributed by atoms with Crippen molar-refractivity contribution in [3.8, 4) is 11.5 Å². The van der Waals surface area contributed by atoms with Crippen molar-refractivity contribution in [2.45, 2.75) is 105 Å². The Morgan fingerprint density at radius 2 is 1.81 bits per heavy atom. The van der Waals surface area contributed by atoms with Gasteiger partial charge in [-0.2, -0.15) is 0 Å². The highest BCUT2D eigenvalue weighted by atomic mass is 16.5. The number of likely N-dealkylation sites (tertiary alicyclic amines) is 1. The molecule has 206 valence electrons. The third-order valence-corrected chi connectivity index (χ3v) is 9.05. The normalized spacial score (nSPS) is 23.9. The minimum absolute atomic E-state index is 0.124.